The van der Waals surface area contributed by atoms with Crippen LogP contribution in [0, 0.1) is 12.3 Å². The molecule has 0 fully saturated rings. The lowest BCUT2D eigenvalue weighted by Crippen LogP contribution is -2.38. The summed E-state index contributed by atoms with van der Waals surface area (Å²) in [5, 5.41) is 6.96. The topological polar surface area (TPSA) is 85.2 Å². The standard InChI is InChI=1S/C29H35F3N6O2/c1-18-23(16-35-38(18)25-12-9-20(14-33-25)29(30,31)32)27(39)36-21-13-24(40-6)26(34-15-21)19-7-10-22(11-8-19)37(5)17-28(2,3)4/h7,9,12-16,22H,8,10-11,17H2,1-6H3,(H,36,39). The molecule has 0 saturated heterocycles. The molecule has 4 rings (SSSR count). The molecule has 0 aromatic carbocycles. The number of methoxy groups -OCH3 is 1. The zero-order valence-corrected chi connectivity index (χ0v) is 23.6. The molecule has 0 bridgehead atoms. The van der Waals surface area contributed by atoms with E-state index in [4.69, 9.17) is 4.74 Å². The van der Waals surface area contributed by atoms with Gasteiger partial charge in [-0.05, 0) is 56.4 Å². The van der Waals surface area contributed by atoms with Crippen LogP contribution in [0.15, 0.2) is 42.9 Å². The number of hydrogen-bond donors (Lipinski definition) is 1. The second-order valence-electron chi connectivity index (χ2n) is 11.3. The first kappa shape index (κ1) is 29.3. The predicted molar refractivity (Wildman–Crippen MR) is 148 cm³/mol. The first-order valence-corrected chi connectivity index (χ1v) is 13.1. The number of amides is 1. The van der Waals surface area contributed by atoms with Gasteiger partial charge in [0.2, 0.25) is 0 Å². The van der Waals surface area contributed by atoms with Gasteiger partial charge >= 0.3 is 6.18 Å². The smallest absolute Gasteiger partial charge is 0.417 e. The van der Waals surface area contributed by atoms with Crippen molar-refractivity contribution in [3.05, 3.63) is 65.4 Å². The summed E-state index contributed by atoms with van der Waals surface area (Å²) in [4.78, 5) is 23.9. The van der Waals surface area contributed by atoms with Gasteiger partial charge in [0, 0.05) is 24.8 Å². The zero-order chi connectivity index (χ0) is 29.2. The summed E-state index contributed by atoms with van der Waals surface area (Å²) in [5.74, 6) is 0.297. The summed E-state index contributed by atoms with van der Waals surface area (Å²) in [7, 11) is 3.75. The van der Waals surface area contributed by atoms with E-state index >= 15 is 0 Å². The molecule has 1 N–H and O–H groups in total. The Hall–Kier alpha value is -3.73. The minimum absolute atomic E-state index is 0.171. The van der Waals surface area contributed by atoms with E-state index in [9.17, 15) is 18.0 Å². The molecule has 1 aliphatic carbocycles. The Kier molecular flexibility index (Phi) is 8.34. The van der Waals surface area contributed by atoms with Gasteiger partial charge in [-0.3, -0.25) is 9.78 Å². The van der Waals surface area contributed by atoms with Crippen LogP contribution in [-0.4, -0.2) is 57.3 Å². The van der Waals surface area contributed by atoms with Gasteiger partial charge in [-0.15, -0.1) is 0 Å². The second kappa shape index (κ2) is 11.4. The summed E-state index contributed by atoms with van der Waals surface area (Å²) in [5.41, 5.74) is 2.39. The fourth-order valence-electron chi connectivity index (χ4n) is 4.96. The maximum atomic E-state index is 13.0. The summed E-state index contributed by atoms with van der Waals surface area (Å²) in [6, 6.07) is 4.35. The highest BCUT2D eigenvalue weighted by atomic mass is 19.4. The fourth-order valence-corrected chi connectivity index (χ4v) is 4.96. The lowest BCUT2D eigenvalue weighted by molar-refractivity contribution is -0.137. The van der Waals surface area contributed by atoms with Gasteiger partial charge in [-0.2, -0.15) is 18.3 Å². The molecule has 1 atom stereocenters. The van der Waals surface area contributed by atoms with Crippen LogP contribution < -0.4 is 10.1 Å². The second-order valence-corrected chi connectivity index (χ2v) is 11.3. The number of alkyl halides is 3. The number of anilines is 1. The first-order chi connectivity index (χ1) is 18.8. The number of halogens is 3. The Bertz CT molecular complexity index is 1390. The maximum absolute atomic E-state index is 13.0. The van der Waals surface area contributed by atoms with Crippen LogP contribution >= 0.6 is 0 Å². The molecule has 3 aromatic heterocycles. The van der Waals surface area contributed by atoms with Crippen LogP contribution in [0.3, 0.4) is 0 Å². The van der Waals surface area contributed by atoms with E-state index in [0.29, 0.717) is 23.2 Å². The van der Waals surface area contributed by atoms with Crippen molar-refractivity contribution in [1.29, 1.82) is 0 Å². The molecular weight excluding hydrogens is 521 g/mol. The van der Waals surface area contributed by atoms with Gasteiger partial charge in [0.1, 0.15) is 11.4 Å². The van der Waals surface area contributed by atoms with E-state index in [0.717, 1.165) is 49.3 Å². The van der Waals surface area contributed by atoms with Gasteiger partial charge in [0.05, 0.1) is 42.0 Å². The number of pyridine rings is 2. The van der Waals surface area contributed by atoms with E-state index < -0.39 is 17.6 Å². The van der Waals surface area contributed by atoms with E-state index in [-0.39, 0.29) is 16.8 Å². The lowest BCUT2D eigenvalue weighted by atomic mass is 9.89. The van der Waals surface area contributed by atoms with Gasteiger partial charge in [0.25, 0.3) is 5.91 Å². The molecule has 1 unspecified atom stereocenters. The van der Waals surface area contributed by atoms with Crippen molar-refractivity contribution in [2.75, 3.05) is 26.0 Å². The number of carbonyl (C=O) groups excluding carboxylic acids is 1. The molecule has 11 heteroatoms. The fraction of sp³-hybridized carbons (Fsp3) is 0.448. The van der Waals surface area contributed by atoms with Gasteiger partial charge in [-0.1, -0.05) is 26.8 Å². The Labute approximate surface area is 232 Å². The number of carbonyl (C=O) groups is 1. The van der Waals surface area contributed by atoms with Crippen molar-refractivity contribution < 1.29 is 22.7 Å². The Morgan fingerprint density at radius 1 is 1.18 bits per heavy atom. The van der Waals surface area contributed by atoms with Crippen molar-refractivity contribution in [2.24, 2.45) is 5.41 Å². The molecule has 214 valence electrons. The number of ether oxygens (including phenoxy) is 1. The number of nitrogens with one attached hydrogen (secondary N) is 1. The minimum atomic E-state index is -4.49. The molecule has 0 spiro atoms. The first-order valence-electron chi connectivity index (χ1n) is 13.1. The zero-order valence-electron chi connectivity index (χ0n) is 23.6. The molecule has 40 heavy (non-hydrogen) atoms. The summed E-state index contributed by atoms with van der Waals surface area (Å²) in [6.45, 7) is 9.40. The Morgan fingerprint density at radius 3 is 2.50 bits per heavy atom. The number of rotatable bonds is 7. The molecule has 1 amide bonds. The third kappa shape index (κ3) is 6.70. The monoisotopic (exact) mass is 556 g/mol. The average molecular weight is 557 g/mol. The SMILES string of the molecule is COc1cc(NC(=O)c2cnn(-c3ccc(C(F)(F)F)cn3)c2C)cnc1C1=CCC(N(C)CC(C)(C)C)CC1. The minimum Gasteiger partial charge on any atom is -0.494 e. The van der Waals surface area contributed by atoms with E-state index in [2.05, 4.69) is 59.2 Å². The summed E-state index contributed by atoms with van der Waals surface area (Å²) >= 11 is 0. The third-order valence-corrected chi connectivity index (χ3v) is 6.91. The van der Waals surface area contributed by atoms with Crippen molar-refractivity contribution in [2.45, 2.75) is 59.2 Å². The Balaban J connectivity index is 1.46. The van der Waals surface area contributed by atoms with Crippen LogP contribution in [0.5, 0.6) is 5.75 Å². The number of allylic oxidation sites excluding steroid dienone is 1. The number of nitrogens with zero attached hydrogens (tertiary/aromatic N) is 5. The summed E-state index contributed by atoms with van der Waals surface area (Å²) in [6.07, 6.45) is 4.25. The van der Waals surface area contributed by atoms with Crippen molar-refractivity contribution in [3.8, 4) is 11.6 Å². The van der Waals surface area contributed by atoms with Crippen LogP contribution in [0.1, 0.15) is 67.3 Å². The molecule has 1 aliphatic rings. The molecule has 0 radical (unpaired) electrons. The van der Waals surface area contributed by atoms with E-state index in [1.54, 1.807) is 26.3 Å². The number of hydrogen-bond acceptors (Lipinski definition) is 6. The van der Waals surface area contributed by atoms with Crippen molar-refractivity contribution >= 4 is 17.2 Å². The molecule has 0 aliphatic heterocycles. The third-order valence-electron chi connectivity index (χ3n) is 6.91. The number of aromatic nitrogens is 4. The average Bonchev–Trinajstić information content (AvgIpc) is 3.28. The van der Waals surface area contributed by atoms with Gasteiger partial charge in [0.15, 0.2) is 5.82 Å². The van der Waals surface area contributed by atoms with Crippen LogP contribution in [0.2, 0.25) is 0 Å². The highest BCUT2D eigenvalue weighted by Crippen LogP contribution is 2.35. The van der Waals surface area contributed by atoms with Crippen molar-refractivity contribution in [1.82, 2.24) is 24.6 Å². The van der Waals surface area contributed by atoms with E-state index in [1.807, 2.05) is 0 Å². The van der Waals surface area contributed by atoms with Crippen LogP contribution in [-0.2, 0) is 6.18 Å². The quantitative estimate of drug-likeness (QED) is 0.375. The van der Waals surface area contributed by atoms with E-state index in [1.165, 1.54) is 16.9 Å². The molecule has 0 saturated carbocycles. The molecule has 8 nitrogen and oxygen atoms in total. The van der Waals surface area contributed by atoms with Gasteiger partial charge < -0.3 is 15.0 Å². The van der Waals surface area contributed by atoms with Crippen LogP contribution in [0.4, 0.5) is 18.9 Å². The largest absolute Gasteiger partial charge is 0.494 e. The lowest BCUT2D eigenvalue weighted by Gasteiger charge is -2.35. The molecule has 3 aromatic rings. The predicted octanol–water partition coefficient (Wildman–Crippen LogP) is 6.16. The van der Waals surface area contributed by atoms with Crippen molar-refractivity contribution in [3.63, 3.8) is 0 Å². The Morgan fingerprint density at radius 2 is 1.93 bits per heavy atom. The molecule has 3 heterocycles. The maximum Gasteiger partial charge on any atom is 0.417 e. The molecular formula is C29H35F3N6O2. The highest BCUT2D eigenvalue weighted by molar-refractivity contribution is 6.05. The highest BCUT2D eigenvalue weighted by Gasteiger charge is 2.31. The normalized spacial score (nSPS) is 16.1. The van der Waals surface area contributed by atoms with Gasteiger partial charge in [-0.25, -0.2) is 9.67 Å². The van der Waals surface area contributed by atoms with Crippen LogP contribution in [0.25, 0.3) is 11.4 Å². The summed E-state index contributed by atoms with van der Waals surface area (Å²) < 4.78 is 45.5.